The third-order valence-corrected chi connectivity index (χ3v) is 6.85. The van der Waals surface area contributed by atoms with Crippen molar-refractivity contribution in [3.8, 4) is 22.5 Å². The maximum Gasteiger partial charge on any atom is 0.408 e. The van der Waals surface area contributed by atoms with Gasteiger partial charge in [-0.3, -0.25) is 4.40 Å². The molecule has 0 bridgehead atoms. The minimum atomic E-state index is -0.539. The Morgan fingerprint density at radius 2 is 1.81 bits per heavy atom. The van der Waals surface area contributed by atoms with Crippen LogP contribution in [0.4, 0.5) is 4.79 Å². The Morgan fingerprint density at radius 1 is 1.11 bits per heavy atom. The largest absolute Gasteiger partial charge is 0.444 e. The number of carbonyl (C=O) groups excluding carboxylic acids is 1. The van der Waals surface area contributed by atoms with Crippen molar-refractivity contribution in [1.29, 1.82) is 0 Å². The van der Waals surface area contributed by atoms with E-state index in [2.05, 4.69) is 48.3 Å². The lowest BCUT2D eigenvalue weighted by Gasteiger charge is -2.43. The van der Waals surface area contributed by atoms with E-state index in [1.54, 1.807) is 6.08 Å². The number of amides is 1. The first-order chi connectivity index (χ1) is 17.2. The molecule has 4 aromatic rings. The summed E-state index contributed by atoms with van der Waals surface area (Å²) in [6.45, 7) is 9.57. The van der Waals surface area contributed by atoms with E-state index in [1.165, 1.54) is 0 Å². The van der Waals surface area contributed by atoms with Gasteiger partial charge in [0.15, 0.2) is 0 Å². The van der Waals surface area contributed by atoms with E-state index in [0.717, 1.165) is 58.6 Å². The molecule has 1 aliphatic carbocycles. The number of halogens is 1. The van der Waals surface area contributed by atoms with Gasteiger partial charge in [-0.1, -0.05) is 78.9 Å². The third kappa shape index (κ3) is 4.51. The highest BCUT2D eigenvalue weighted by Gasteiger charge is 2.41. The molecule has 2 aromatic carbocycles. The molecule has 0 radical (unpaired) electrons. The molecular formula is C30H30ClN3O2. The Balaban J connectivity index is 1.56. The van der Waals surface area contributed by atoms with E-state index in [0.29, 0.717) is 5.02 Å². The van der Waals surface area contributed by atoms with Gasteiger partial charge in [-0.15, -0.1) is 0 Å². The fourth-order valence-corrected chi connectivity index (χ4v) is 5.04. The number of nitrogens with zero attached hydrogens (tertiary/aromatic N) is 2. The summed E-state index contributed by atoms with van der Waals surface area (Å²) in [5.41, 5.74) is 5.67. The summed E-state index contributed by atoms with van der Waals surface area (Å²) in [6.07, 6.45) is 6.12. The first-order valence-corrected chi connectivity index (χ1v) is 12.6. The number of aromatic nitrogens is 2. The number of hydrogen-bond acceptors (Lipinski definition) is 3. The molecule has 0 aliphatic heterocycles. The lowest BCUT2D eigenvalue weighted by molar-refractivity contribution is 0.0377. The minimum Gasteiger partial charge on any atom is -0.444 e. The predicted octanol–water partition coefficient (Wildman–Crippen LogP) is 7.87. The first kappa shape index (κ1) is 24.1. The summed E-state index contributed by atoms with van der Waals surface area (Å²) in [5, 5.41) is 3.75. The van der Waals surface area contributed by atoms with Gasteiger partial charge in [0.2, 0.25) is 0 Å². The van der Waals surface area contributed by atoms with Crippen LogP contribution in [-0.4, -0.2) is 21.1 Å². The number of hydrogen-bond donors (Lipinski definition) is 1. The molecule has 1 N–H and O–H groups in total. The van der Waals surface area contributed by atoms with Crippen LogP contribution >= 0.6 is 11.6 Å². The van der Waals surface area contributed by atoms with Crippen molar-refractivity contribution in [2.45, 2.75) is 51.2 Å². The topological polar surface area (TPSA) is 55.6 Å². The van der Waals surface area contributed by atoms with Crippen molar-refractivity contribution in [1.82, 2.24) is 14.7 Å². The molecule has 0 atom stereocenters. The normalized spacial score (nSPS) is 14.8. The summed E-state index contributed by atoms with van der Waals surface area (Å²) in [7, 11) is 0. The van der Waals surface area contributed by atoms with Crippen LogP contribution in [0.2, 0.25) is 5.02 Å². The number of pyridine rings is 1. The number of rotatable bonds is 5. The molecule has 1 aliphatic rings. The van der Waals surface area contributed by atoms with Crippen molar-refractivity contribution in [3.63, 3.8) is 0 Å². The molecule has 5 rings (SSSR count). The molecule has 36 heavy (non-hydrogen) atoms. The molecule has 184 valence electrons. The SMILES string of the molecule is C=Cc1cc(Cl)cn2c(-c3ccccc3)c(-c3ccc(C4(NC(=O)OC(C)(C)C)CCC4)cc3)nc12. The van der Waals surface area contributed by atoms with Gasteiger partial charge in [-0.25, -0.2) is 9.78 Å². The molecule has 0 spiro atoms. The zero-order chi connectivity index (χ0) is 25.5. The number of fused-ring (bicyclic) bond motifs is 1. The fourth-order valence-electron chi connectivity index (χ4n) is 4.82. The lowest BCUT2D eigenvalue weighted by Crippen LogP contribution is -2.52. The number of imidazole rings is 1. The second-order valence-electron chi connectivity index (χ2n) is 10.3. The highest BCUT2D eigenvalue weighted by Crippen LogP contribution is 2.43. The lowest BCUT2D eigenvalue weighted by atomic mass is 9.71. The van der Waals surface area contributed by atoms with Crippen LogP contribution in [0.15, 0.2) is 73.4 Å². The third-order valence-electron chi connectivity index (χ3n) is 6.64. The Bertz CT molecular complexity index is 1430. The average molecular weight is 500 g/mol. The Hall–Kier alpha value is -3.57. The van der Waals surface area contributed by atoms with E-state index in [9.17, 15) is 4.79 Å². The molecule has 0 saturated heterocycles. The number of ether oxygens (including phenoxy) is 1. The molecule has 1 fully saturated rings. The fraction of sp³-hybridized carbons (Fsp3) is 0.267. The second kappa shape index (κ2) is 9.14. The number of alkyl carbamates (subject to hydrolysis) is 1. The Kier molecular flexibility index (Phi) is 6.13. The van der Waals surface area contributed by atoms with Crippen LogP contribution in [0.1, 0.15) is 51.2 Å². The van der Waals surface area contributed by atoms with Crippen molar-refractivity contribution in [2.75, 3.05) is 0 Å². The molecule has 2 heterocycles. The Morgan fingerprint density at radius 3 is 2.39 bits per heavy atom. The molecule has 0 unspecified atom stereocenters. The number of nitrogens with one attached hydrogen (secondary N) is 1. The van der Waals surface area contributed by atoms with Gasteiger partial charge in [0.05, 0.1) is 21.9 Å². The highest BCUT2D eigenvalue weighted by molar-refractivity contribution is 6.30. The maximum absolute atomic E-state index is 12.6. The standard InChI is InChI=1S/C30H30ClN3O2/c1-5-20-18-24(31)19-34-26(22-10-7-6-8-11-22)25(32-27(20)34)21-12-14-23(15-13-21)30(16-9-17-30)33-28(35)36-29(2,3)4/h5-8,10-15,18-19H,1,9,16-17H2,2-4H3,(H,33,35). The van der Waals surface area contributed by atoms with Gasteiger partial charge < -0.3 is 10.1 Å². The quantitative estimate of drug-likeness (QED) is 0.304. The van der Waals surface area contributed by atoms with Crippen LogP contribution in [-0.2, 0) is 10.3 Å². The van der Waals surface area contributed by atoms with E-state index in [1.807, 2.05) is 55.6 Å². The summed E-state index contributed by atoms with van der Waals surface area (Å²) < 4.78 is 7.57. The number of carbonyl (C=O) groups is 1. The van der Waals surface area contributed by atoms with Gasteiger partial charge in [-0.2, -0.15) is 0 Å². The van der Waals surface area contributed by atoms with Crippen LogP contribution < -0.4 is 5.32 Å². The van der Waals surface area contributed by atoms with Gasteiger partial charge in [0.1, 0.15) is 11.2 Å². The van der Waals surface area contributed by atoms with E-state index in [4.69, 9.17) is 21.3 Å². The van der Waals surface area contributed by atoms with Gasteiger partial charge >= 0.3 is 6.09 Å². The maximum atomic E-state index is 12.6. The van der Waals surface area contributed by atoms with Gasteiger partial charge in [0.25, 0.3) is 0 Å². The minimum absolute atomic E-state index is 0.383. The van der Waals surface area contributed by atoms with Crippen molar-refractivity contribution in [3.05, 3.63) is 89.6 Å². The zero-order valence-electron chi connectivity index (χ0n) is 20.8. The second-order valence-corrected chi connectivity index (χ2v) is 10.8. The van der Waals surface area contributed by atoms with Gasteiger partial charge in [0, 0.05) is 22.9 Å². The molecule has 5 nitrogen and oxygen atoms in total. The first-order valence-electron chi connectivity index (χ1n) is 12.2. The van der Waals surface area contributed by atoms with E-state index in [-0.39, 0.29) is 6.09 Å². The average Bonchev–Trinajstić information content (AvgIpc) is 3.19. The van der Waals surface area contributed by atoms with E-state index < -0.39 is 11.1 Å². The Labute approximate surface area is 216 Å². The van der Waals surface area contributed by atoms with Crippen molar-refractivity contribution in [2.24, 2.45) is 0 Å². The summed E-state index contributed by atoms with van der Waals surface area (Å²) in [4.78, 5) is 17.6. The highest BCUT2D eigenvalue weighted by atomic mass is 35.5. The van der Waals surface area contributed by atoms with Crippen LogP contribution in [0.25, 0.3) is 34.2 Å². The smallest absolute Gasteiger partial charge is 0.408 e. The summed E-state index contributed by atoms with van der Waals surface area (Å²) in [5.74, 6) is 0. The molecule has 6 heteroatoms. The summed E-state index contributed by atoms with van der Waals surface area (Å²) in [6, 6.07) is 20.4. The summed E-state index contributed by atoms with van der Waals surface area (Å²) >= 11 is 6.45. The van der Waals surface area contributed by atoms with Crippen LogP contribution in [0.3, 0.4) is 0 Å². The molecule has 2 aromatic heterocycles. The molecule has 1 amide bonds. The van der Waals surface area contributed by atoms with E-state index >= 15 is 0 Å². The zero-order valence-corrected chi connectivity index (χ0v) is 21.6. The predicted molar refractivity (Wildman–Crippen MR) is 146 cm³/mol. The number of benzene rings is 2. The van der Waals surface area contributed by atoms with Crippen molar-refractivity contribution >= 4 is 29.4 Å². The monoisotopic (exact) mass is 499 g/mol. The molecular weight excluding hydrogens is 470 g/mol. The molecule has 1 saturated carbocycles. The van der Waals surface area contributed by atoms with Crippen molar-refractivity contribution < 1.29 is 9.53 Å². The van der Waals surface area contributed by atoms with Crippen LogP contribution in [0, 0.1) is 0 Å². The van der Waals surface area contributed by atoms with Gasteiger partial charge in [-0.05, 0) is 51.7 Å². The van der Waals surface area contributed by atoms with Crippen LogP contribution in [0.5, 0.6) is 0 Å².